The molecule has 102 valence electrons. The topological polar surface area (TPSA) is 0 Å². The third-order valence-electron chi connectivity index (χ3n) is 2.99. The maximum absolute atomic E-state index is 13.9. The van der Waals surface area contributed by atoms with Crippen LogP contribution in [0.3, 0.4) is 0 Å². The van der Waals surface area contributed by atoms with Crippen LogP contribution in [0.15, 0.2) is 22.7 Å². The van der Waals surface area contributed by atoms with Crippen molar-refractivity contribution in [3.05, 3.63) is 34.1 Å². The van der Waals surface area contributed by atoms with Crippen molar-refractivity contribution < 1.29 is 4.39 Å². The Labute approximate surface area is 134 Å². The van der Waals surface area contributed by atoms with Crippen LogP contribution >= 0.6 is 47.8 Å². The molecule has 0 saturated heterocycles. The van der Waals surface area contributed by atoms with Crippen LogP contribution in [-0.2, 0) is 6.42 Å². The van der Waals surface area contributed by atoms with Crippen LogP contribution in [0.2, 0.25) is 0 Å². The van der Waals surface area contributed by atoms with Crippen molar-refractivity contribution in [1.82, 2.24) is 0 Å². The molecule has 1 aromatic carbocycles. The third kappa shape index (κ3) is 4.61. The molecule has 0 amide bonds. The summed E-state index contributed by atoms with van der Waals surface area (Å²) in [5.74, 6) is 0.470. The van der Waals surface area contributed by atoms with E-state index in [2.05, 4.69) is 61.6 Å². The van der Waals surface area contributed by atoms with Gasteiger partial charge in [-0.05, 0) is 41.9 Å². The minimum absolute atomic E-state index is 0.0723. The molecule has 0 nitrogen and oxygen atoms in total. The Hall–Kier alpha value is 0.590. The number of benzene rings is 1. The van der Waals surface area contributed by atoms with E-state index in [1.54, 1.807) is 0 Å². The second-order valence-electron chi connectivity index (χ2n) is 5.28. The summed E-state index contributed by atoms with van der Waals surface area (Å²) in [6.45, 7) is 4.41. The molecule has 0 radical (unpaired) electrons. The van der Waals surface area contributed by atoms with E-state index in [1.165, 1.54) is 6.07 Å². The predicted octanol–water partition coefficient (Wildman–Crippen LogP) is 5.95. The first kappa shape index (κ1) is 16.6. The lowest BCUT2D eigenvalue weighted by molar-refractivity contribution is 0.301. The molecule has 0 saturated carbocycles. The summed E-state index contributed by atoms with van der Waals surface area (Å²) in [7, 11) is 0. The van der Waals surface area contributed by atoms with Gasteiger partial charge in [0.25, 0.3) is 0 Å². The molecule has 0 aromatic heterocycles. The molecule has 0 aliphatic heterocycles. The van der Waals surface area contributed by atoms with Crippen molar-refractivity contribution in [3.63, 3.8) is 0 Å². The van der Waals surface area contributed by atoms with Gasteiger partial charge in [-0.3, -0.25) is 0 Å². The van der Waals surface area contributed by atoms with Gasteiger partial charge in [-0.1, -0.05) is 67.7 Å². The highest BCUT2D eigenvalue weighted by atomic mass is 79.9. The molecule has 0 N–H and O–H groups in total. The molecule has 0 aliphatic carbocycles. The second kappa shape index (κ2) is 7.39. The zero-order valence-electron chi connectivity index (χ0n) is 10.6. The molecule has 0 heterocycles. The maximum Gasteiger partial charge on any atom is 0.127 e. The summed E-state index contributed by atoms with van der Waals surface area (Å²) >= 11 is 10.5. The smallest absolute Gasteiger partial charge is 0.127 e. The summed E-state index contributed by atoms with van der Waals surface area (Å²) in [6.07, 6.45) is 1.82. The highest BCUT2D eigenvalue weighted by molar-refractivity contribution is 9.10. The molecule has 18 heavy (non-hydrogen) atoms. The molecule has 0 spiro atoms. The quantitative estimate of drug-likeness (QED) is 0.475. The van der Waals surface area contributed by atoms with Crippen LogP contribution in [0.25, 0.3) is 0 Å². The van der Waals surface area contributed by atoms with Gasteiger partial charge in [0.1, 0.15) is 5.82 Å². The molecule has 0 atom stereocenters. The van der Waals surface area contributed by atoms with Crippen molar-refractivity contribution in [2.45, 2.75) is 26.7 Å². The Morgan fingerprint density at radius 2 is 1.83 bits per heavy atom. The van der Waals surface area contributed by atoms with Crippen molar-refractivity contribution in [1.29, 1.82) is 0 Å². The Morgan fingerprint density at radius 1 is 1.22 bits per heavy atom. The minimum Gasteiger partial charge on any atom is -0.207 e. The fourth-order valence-electron chi connectivity index (χ4n) is 2.25. The monoisotopic (exact) mass is 442 g/mol. The highest BCUT2D eigenvalue weighted by Crippen LogP contribution is 2.35. The molecular formula is C14H18Br3F. The van der Waals surface area contributed by atoms with Crippen molar-refractivity contribution in [2.24, 2.45) is 11.3 Å². The van der Waals surface area contributed by atoms with Crippen LogP contribution < -0.4 is 0 Å². The van der Waals surface area contributed by atoms with E-state index in [9.17, 15) is 4.39 Å². The average Bonchev–Trinajstić information content (AvgIpc) is 2.31. The lowest BCUT2D eigenvalue weighted by Crippen LogP contribution is -2.30. The Balaban J connectivity index is 2.95. The molecule has 1 aromatic rings. The van der Waals surface area contributed by atoms with Crippen LogP contribution in [0, 0.1) is 17.2 Å². The first-order chi connectivity index (χ1) is 8.42. The lowest BCUT2D eigenvalue weighted by atomic mass is 9.79. The molecule has 0 aliphatic rings. The van der Waals surface area contributed by atoms with E-state index in [0.717, 1.165) is 33.5 Å². The molecule has 0 bridgehead atoms. The Kier molecular flexibility index (Phi) is 6.84. The van der Waals surface area contributed by atoms with Crippen LogP contribution in [-0.4, -0.2) is 10.7 Å². The van der Waals surface area contributed by atoms with Gasteiger partial charge in [0.05, 0.1) is 0 Å². The zero-order valence-corrected chi connectivity index (χ0v) is 15.4. The van der Waals surface area contributed by atoms with Gasteiger partial charge >= 0.3 is 0 Å². The maximum atomic E-state index is 13.9. The summed E-state index contributed by atoms with van der Waals surface area (Å²) < 4.78 is 14.7. The number of halogens is 4. The van der Waals surface area contributed by atoms with Crippen molar-refractivity contribution in [3.8, 4) is 0 Å². The lowest BCUT2D eigenvalue weighted by Gasteiger charge is -2.32. The standard InChI is InChI=1S/C14H18Br3F/c1-10(2)6-14(8-15,9-16)7-11-3-4-12(17)5-13(11)18/h3-5,10H,6-9H2,1-2H3. The SMILES string of the molecule is CC(C)CC(CBr)(CBr)Cc1ccc(Br)cc1F. The first-order valence-electron chi connectivity index (χ1n) is 5.98. The van der Waals surface area contributed by atoms with E-state index in [0.29, 0.717) is 5.92 Å². The minimum atomic E-state index is -0.126. The van der Waals surface area contributed by atoms with Gasteiger partial charge < -0.3 is 0 Å². The summed E-state index contributed by atoms with van der Waals surface area (Å²) in [5, 5.41) is 1.75. The van der Waals surface area contributed by atoms with Crippen molar-refractivity contribution in [2.75, 3.05) is 10.7 Å². The zero-order chi connectivity index (χ0) is 13.8. The van der Waals surface area contributed by atoms with E-state index < -0.39 is 0 Å². The first-order valence-corrected chi connectivity index (χ1v) is 9.02. The molecular weight excluding hydrogens is 427 g/mol. The number of alkyl halides is 2. The van der Waals surface area contributed by atoms with Crippen LogP contribution in [0.1, 0.15) is 25.8 Å². The van der Waals surface area contributed by atoms with Gasteiger partial charge in [-0.25, -0.2) is 4.39 Å². The normalized spacial score (nSPS) is 12.2. The van der Waals surface area contributed by atoms with E-state index in [1.807, 2.05) is 12.1 Å². The Morgan fingerprint density at radius 3 is 2.28 bits per heavy atom. The largest absolute Gasteiger partial charge is 0.207 e. The van der Waals surface area contributed by atoms with Gasteiger partial charge in [-0.2, -0.15) is 0 Å². The third-order valence-corrected chi connectivity index (χ3v) is 5.86. The highest BCUT2D eigenvalue weighted by Gasteiger charge is 2.30. The number of hydrogen-bond acceptors (Lipinski definition) is 0. The van der Waals surface area contributed by atoms with Gasteiger partial charge in [-0.15, -0.1) is 0 Å². The van der Waals surface area contributed by atoms with Crippen LogP contribution in [0.4, 0.5) is 4.39 Å². The fourth-order valence-corrected chi connectivity index (χ4v) is 4.36. The van der Waals surface area contributed by atoms with Gasteiger partial charge in [0.15, 0.2) is 0 Å². The van der Waals surface area contributed by atoms with E-state index >= 15 is 0 Å². The summed E-state index contributed by atoms with van der Waals surface area (Å²) in [4.78, 5) is 0. The van der Waals surface area contributed by atoms with E-state index in [-0.39, 0.29) is 11.2 Å². The molecule has 4 heteroatoms. The average molecular weight is 445 g/mol. The predicted molar refractivity (Wildman–Crippen MR) is 87.3 cm³/mol. The number of hydrogen-bond donors (Lipinski definition) is 0. The molecule has 0 fully saturated rings. The second-order valence-corrected chi connectivity index (χ2v) is 7.31. The van der Waals surface area contributed by atoms with E-state index in [4.69, 9.17) is 0 Å². The van der Waals surface area contributed by atoms with Gasteiger partial charge in [0, 0.05) is 15.1 Å². The summed E-state index contributed by atoms with van der Waals surface area (Å²) in [6, 6.07) is 5.32. The summed E-state index contributed by atoms with van der Waals surface area (Å²) in [5.41, 5.74) is 0.862. The molecule has 1 rings (SSSR count). The van der Waals surface area contributed by atoms with Gasteiger partial charge in [0.2, 0.25) is 0 Å². The Bertz CT molecular complexity index is 387. The molecule has 0 unspecified atom stereocenters. The van der Waals surface area contributed by atoms with Crippen LogP contribution in [0.5, 0.6) is 0 Å². The number of rotatable bonds is 6. The fraction of sp³-hybridized carbons (Fsp3) is 0.571. The van der Waals surface area contributed by atoms with Crippen molar-refractivity contribution >= 4 is 47.8 Å².